The van der Waals surface area contributed by atoms with Gasteiger partial charge in [-0.2, -0.15) is 0 Å². The number of aromatic nitrogens is 3. The maximum Gasteiger partial charge on any atom is 1.00 e. The molecule has 7 rings (SSSR count). The van der Waals surface area contributed by atoms with Gasteiger partial charge in [-0.15, -0.1) is 0 Å². The van der Waals surface area contributed by atoms with E-state index in [0.29, 0.717) is 17.6 Å². The van der Waals surface area contributed by atoms with Crippen molar-refractivity contribution in [1.82, 2.24) is 15.0 Å². The summed E-state index contributed by atoms with van der Waals surface area (Å²) in [5.41, 5.74) is 8.30. The number of hydrogen-bond donors (Lipinski definition) is 5. The van der Waals surface area contributed by atoms with Gasteiger partial charge in [0.15, 0.2) is 11.9 Å². The van der Waals surface area contributed by atoms with E-state index in [-0.39, 0.29) is 24.8 Å². The SMILES string of the molecule is [Li+].c1ccc(Nc2ccc([N-]c3nc(Nc4ccc(Nc5ccccc5)cc4)nc(Nc4ccc(Nc5ccccc5)cc4)n3)cc2)cc1. The summed E-state index contributed by atoms with van der Waals surface area (Å²) < 4.78 is 0. The molecule has 10 heteroatoms. The predicted molar refractivity (Wildman–Crippen MR) is 198 cm³/mol. The standard InChI is InChI=1S/C39H32N9.Li/c1-4-10-28(11-5-1)40-31-16-22-34(23-17-31)43-37-46-38(44-35-24-18-32(19-25-35)41-29-12-6-2-7-13-29)48-39(47-37)45-36-26-20-33(21-27-36)42-30-14-8-3-9-15-30;/h1-27,40-42H,(H2-,43,44,45,46,47,48);/q-1;+1. The molecule has 0 unspecified atom stereocenters. The molecule has 1 aromatic heterocycles. The monoisotopic (exact) mass is 633 g/mol. The Bertz CT molecular complexity index is 1790. The Morgan fingerprint density at radius 1 is 0.306 bits per heavy atom. The van der Waals surface area contributed by atoms with Crippen LogP contribution in [0.3, 0.4) is 0 Å². The number of benzene rings is 6. The Labute approximate surface area is 297 Å². The zero-order valence-electron chi connectivity index (χ0n) is 26.9. The first kappa shape index (κ1) is 32.7. The average Bonchev–Trinajstić information content (AvgIpc) is 3.12. The summed E-state index contributed by atoms with van der Waals surface area (Å²) in [6, 6.07) is 53.8. The maximum absolute atomic E-state index is 4.73. The molecule has 0 atom stereocenters. The Morgan fingerprint density at radius 3 is 0.939 bits per heavy atom. The molecule has 6 aromatic carbocycles. The van der Waals surface area contributed by atoms with E-state index in [4.69, 9.17) is 5.32 Å². The minimum Gasteiger partial charge on any atom is -0.359 e. The smallest absolute Gasteiger partial charge is 0.359 e. The van der Waals surface area contributed by atoms with Crippen molar-refractivity contribution in [3.8, 4) is 0 Å². The minimum atomic E-state index is 0. The molecule has 0 bridgehead atoms. The van der Waals surface area contributed by atoms with Crippen LogP contribution < -0.4 is 45.4 Å². The third kappa shape index (κ3) is 9.39. The second-order valence-electron chi connectivity index (χ2n) is 10.8. The normalized spacial score (nSPS) is 10.3. The molecule has 0 saturated heterocycles. The van der Waals surface area contributed by atoms with Crippen LogP contribution in [0.15, 0.2) is 164 Å². The summed E-state index contributed by atoms with van der Waals surface area (Å²) in [4.78, 5) is 13.9. The van der Waals surface area contributed by atoms with E-state index in [1.807, 2.05) is 164 Å². The van der Waals surface area contributed by atoms with Crippen molar-refractivity contribution < 1.29 is 18.9 Å². The van der Waals surface area contributed by atoms with Crippen molar-refractivity contribution in [1.29, 1.82) is 0 Å². The largest absolute Gasteiger partial charge is 1.00 e. The molecule has 0 aliphatic carbocycles. The van der Waals surface area contributed by atoms with E-state index < -0.39 is 0 Å². The van der Waals surface area contributed by atoms with Crippen LogP contribution >= 0.6 is 0 Å². The van der Waals surface area contributed by atoms with Gasteiger partial charge in [0.25, 0.3) is 0 Å². The van der Waals surface area contributed by atoms with Crippen molar-refractivity contribution in [3.05, 3.63) is 169 Å². The summed E-state index contributed by atoms with van der Waals surface area (Å²) in [7, 11) is 0. The molecule has 234 valence electrons. The van der Waals surface area contributed by atoms with Gasteiger partial charge >= 0.3 is 18.9 Å². The van der Waals surface area contributed by atoms with Crippen molar-refractivity contribution in [2.75, 3.05) is 26.6 Å². The van der Waals surface area contributed by atoms with Crippen LogP contribution in [0.5, 0.6) is 0 Å². The molecule has 0 spiro atoms. The van der Waals surface area contributed by atoms with Gasteiger partial charge in [-0.3, -0.25) is 0 Å². The molecule has 0 amide bonds. The summed E-state index contributed by atoms with van der Waals surface area (Å²) in [5.74, 6) is 0.989. The average molecular weight is 634 g/mol. The van der Waals surface area contributed by atoms with Crippen LogP contribution in [0.4, 0.5) is 69.0 Å². The van der Waals surface area contributed by atoms with E-state index in [2.05, 4.69) is 41.5 Å². The van der Waals surface area contributed by atoms with Crippen LogP contribution in [-0.2, 0) is 0 Å². The number of hydrogen-bond acceptors (Lipinski definition) is 8. The third-order valence-corrected chi connectivity index (χ3v) is 7.19. The van der Waals surface area contributed by atoms with Gasteiger partial charge in [0, 0.05) is 51.4 Å². The van der Waals surface area contributed by atoms with E-state index >= 15 is 0 Å². The molecule has 0 aliphatic rings. The fourth-order valence-corrected chi connectivity index (χ4v) is 4.86. The Hall–Kier alpha value is -6.27. The van der Waals surface area contributed by atoms with Crippen LogP contribution in [0.1, 0.15) is 0 Å². The Morgan fingerprint density at radius 2 is 0.592 bits per heavy atom. The van der Waals surface area contributed by atoms with Gasteiger partial charge in [-0.05, 0) is 103 Å². The molecule has 0 fully saturated rings. The Kier molecular flexibility index (Phi) is 10.7. The van der Waals surface area contributed by atoms with Crippen LogP contribution in [-0.4, -0.2) is 15.0 Å². The number of rotatable bonds is 12. The Balaban J connectivity index is 0.00000417. The molecule has 0 radical (unpaired) electrons. The van der Waals surface area contributed by atoms with Crippen LogP contribution in [0, 0.1) is 0 Å². The minimum absolute atomic E-state index is 0. The molecule has 49 heavy (non-hydrogen) atoms. The van der Waals surface area contributed by atoms with Gasteiger partial charge in [0.1, 0.15) is 0 Å². The number of nitrogens with zero attached hydrogens (tertiary/aromatic N) is 4. The number of nitrogens with one attached hydrogen (secondary N) is 5. The molecule has 1 heterocycles. The third-order valence-electron chi connectivity index (χ3n) is 7.19. The van der Waals surface area contributed by atoms with E-state index in [1.54, 1.807) is 0 Å². The topological polar surface area (TPSA) is 113 Å². The summed E-state index contributed by atoms with van der Waals surface area (Å²) in [5, 5.41) is 21.5. The number of para-hydroxylation sites is 3. The first-order valence-corrected chi connectivity index (χ1v) is 15.5. The summed E-state index contributed by atoms with van der Waals surface area (Å²) in [6.45, 7) is 0. The first-order valence-electron chi connectivity index (χ1n) is 15.5. The van der Waals surface area contributed by atoms with Crippen molar-refractivity contribution in [2.24, 2.45) is 0 Å². The van der Waals surface area contributed by atoms with Gasteiger partial charge in [-0.1, -0.05) is 66.7 Å². The summed E-state index contributed by atoms with van der Waals surface area (Å²) >= 11 is 0. The van der Waals surface area contributed by atoms with Gasteiger partial charge < -0.3 is 41.9 Å². The van der Waals surface area contributed by atoms with Crippen molar-refractivity contribution in [2.45, 2.75) is 0 Å². The van der Waals surface area contributed by atoms with E-state index in [1.165, 1.54) is 0 Å². The van der Waals surface area contributed by atoms with E-state index in [0.717, 1.165) is 45.5 Å². The van der Waals surface area contributed by atoms with Crippen molar-refractivity contribution >= 4 is 69.0 Å². The summed E-state index contributed by atoms with van der Waals surface area (Å²) in [6.07, 6.45) is 0. The zero-order valence-corrected chi connectivity index (χ0v) is 26.9. The van der Waals surface area contributed by atoms with Gasteiger partial charge in [-0.25, -0.2) is 4.98 Å². The van der Waals surface area contributed by atoms with Crippen LogP contribution in [0.25, 0.3) is 5.32 Å². The predicted octanol–water partition coefficient (Wildman–Crippen LogP) is 7.93. The molecule has 5 N–H and O–H groups in total. The fraction of sp³-hybridized carbons (Fsp3) is 0. The zero-order chi connectivity index (χ0) is 32.4. The first-order chi connectivity index (χ1) is 23.7. The molecular weight excluding hydrogens is 601 g/mol. The van der Waals surface area contributed by atoms with Crippen LogP contribution in [0.2, 0.25) is 0 Å². The fourth-order valence-electron chi connectivity index (χ4n) is 4.86. The maximum atomic E-state index is 4.73. The van der Waals surface area contributed by atoms with Gasteiger partial charge in [0.2, 0.25) is 0 Å². The molecule has 0 aliphatic heterocycles. The van der Waals surface area contributed by atoms with Gasteiger partial charge in [0.05, 0.1) is 0 Å². The quantitative estimate of drug-likeness (QED) is 0.0863. The molecule has 0 saturated carbocycles. The second kappa shape index (κ2) is 16.0. The van der Waals surface area contributed by atoms with E-state index in [9.17, 15) is 0 Å². The van der Waals surface area contributed by atoms with Crippen molar-refractivity contribution in [3.63, 3.8) is 0 Å². The second-order valence-corrected chi connectivity index (χ2v) is 10.8. The molecule has 9 nitrogen and oxygen atoms in total. The molecular formula is C39H32LiN9. The number of anilines is 10. The molecule has 7 aromatic rings.